The van der Waals surface area contributed by atoms with Crippen LogP contribution in [0.5, 0.6) is 5.75 Å². The Balaban J connectivity index is 1.53. The van der Waals surface area contributed by atoms with E-state index in [9.17, 15) is 13.6 Å². The summed E-state index contributed by atoms with van der Waals surface area (Å²) >= 11 is 0. The third-order valence-corrected chi connectivity index (χ3v) is 6.31. The first kappa shape index (κ1) is 23.5. The van der Waals surface area contributed by atoms with E-state index >= 15 is 0 Å². The number of halogens is 2. The van der Waals surface area contributed by atoms with Gasteiger partial charge < -0.3 is 23.8 Å². The van der Waals surface area contributed by atoms with Crippen LogP contribution < -0.4 is 4.74 Å². The zero-order valence-corrected chi connectivity index (χ0v) is 20.0. The zero-order chi connectivity index (χ0) is 25.4. The largest absolute Gasteiger partial charge is 0.495 e. The number of hydrogen-bond acceptors (Lipinski definition) is 7. The highest BCUT2D eigenvalue weighted by Crippen LogP contribution is 2.42. The maximum absolute atomic E-state index is 14.9. The zero-order valence-electron chi connectivity index (χ0n) is 20.0. The van der Waals surface area contributed by atoms with E-state index in [0.717, 1.165) is 40.7 Å². The molecule has 1 saturated heterocycles. The molecule has 5 rings (SSSR count). The van der Waals surface area contributed by atoms with Gasteiger partial charge in [-0.25, -0.2) is 18.6 Å². The number of hydrogen-bond donors (Lipinski definition) is 0. The molecule has 3 heterocycles. The van der Waals surface area contributed by atoms with E-state index in [2.05, 4.69) is 10.1 Å². The summed E-state index contributed by atoms with van der Waals surface area (Å²) in [6, 6.07) is 8.59. The van der Waals surface area contributed by atoms with Crippen LogP contribution in [0.25, 0.3) is 11.8 Å². The predicted molar refractivity (Wildman–Crippen MR) is 127 cm³/mol. The van der Waals surface area contributed by atoms with E-state index in [0.29, 0.717) is 31.0 Å². The Hall–Kier alpha value is -4.21. The first-order valence-electron chi connectivity index (χ1n) is 11.3. The van der Waals surface area contributed by atoms with E-state index in [-0.39, 0.29) is 5.56 Å². The molecule has 2 aliphatic rings. The van der Waals surface area contributed by atoms with Gasteiger partial charge in [-0.05, 0) is 67.3 Å². The monoisotopic (exact) mass is 494 g/mol. The quantitative estimate of drug-likeness (QED) is 0.492. The van der Waals surface area contributed by atoms with E-state index < -0.39 is 23.3 Å². The number of imidazole rings is 1. The molecule has 0 saturated carbocycles. The van der Waals surface area contributed by atoms with Crippen molar-refractivity contribution in [3.8, 4) is 11.4 Å². The fourth-order valence-electron chi connectivity index (χ4n) is 4.63. The number of nitrogens with zero attached hydrogens (tertiary/aromatic N) is 4. The fraction of sp³-hybridized carbons (Fsp3) is 0.269. The van der Waals surface area contributed by atoms with Gasteiger partial charge in [-0.2, -0.15) is 0 Å². The minimum absolute atomic E-state index is 0.295. The molecular weight excluding hydrogens is 470 g/mol. The second kappa shape index (κ2) is 9.10. The van der Waals surface area contributed by atoms with E-state index in [4.69, 9.17) is 14.3 Å². The first-order chi connectivity index (χ1) is 17.4. The van der Waals surface area contributed by atoms with Crippen molar-refractivity contribution in [2.24, 2.45) is 5.16 Å². The Labute approximate surface area is 206 Å². The van der Waals surface area contributed by atoms with Crippen molar-refractivity contribution in [3.63, 3.8) is 0 Å². The van der Waals surface area contributed by atoms with Gasteiger partial charge in [0.25, 0.3) is 0 Å². The molecule has 3 aromatic rings. The molecule has 1 fully saturated rings. The molecule has 0 bridgehead atoms. The van der Waals surface area contributed by atoms with Crippen LogP contribution in [0.15, 0.2) is 59.7 Å². The number of methoxy groups -OCH3 is 2. The van der Waals surface area contributed by atoms with E-state index in [1.54, 1.807) is 13.4 Å². The number of carbonyl (C=O) groups is 1. The summed E-state index contributed by atoms with van der Waals surface area (Å²) in [6.07, 6.45) is 6.80. The van der Waals surface area contributed by atoms with Crippen LogP contribution in [-0.2, 0) is 20.1 Å². The van der Waals surface area contributed by atoms with Crippen LogP contribution >= 0.6 is 0 Å². The number of rotatable bonds is 5. The second-order valence-corrected chi connectivity index (χ2v) is 8.54. The van der Waals surface area contributed by atoms with Crippen LogP contribution in [0.2, 0.25) is 0 Å². The lowest BCUT2D eigenvalue weighted by atomic mass is 9.94. The summed E-state index contributed by atoms with van der Waals surface area (Å²) < 4.78 is 41.4. The minimum atomic E-state index is -2.06. The summed E-state index contributed by atoms with van der Waals surface area (Å²) in [5.74, 6) is -1.40. The van der Waals surface area contributed by atoms with Crippen molar-refractivity contribution < 1.29 is 27.9 Å². The average molecular weight is 494 g/mol. The molecule has 10 heteroatoms. The van der Waals surface area contributed by atoms with Crippen LogP contribution in [0.1, 0.15) is 29.7 Å². The number of amidine groups is 1. The van der Waals surface area contributed by atoms with E-state index in [1.807, 2.05) is 42.0 Å². The minimum Gasteiger partial charge on any atom is -0.495 e. The average Bonchev–Trinajstić information content (AvgIpc) is 3.50. The number of aromatic nitrogens is 2. The molecule has 2 aliphatic heterocycles. The summed E-state index contributed by atoms with van der Waals surface area (Å²) in [5, 5.41) is 4.16. The van der Waals surface area contributed by atoms with Crippen molar-refractivity contribution >= 4 is 17.9 Å². The summed E-state index contributed by atoms with van der Waals surface area (Å²) in [4.78, 5) is 24.4. The van der Waals surface area contributed by atoms with Gasteiger partial charge in [-0.1, -0.05) is 11.2 Å². The highest BCUT2D eigenvalue weighted by atomic mass is 19.1. The maximum atomic E-state index is 14.9. The third-order valence-electron chi connectivity index (χ3n) is 6.31. The van der Waals surface area contributed by atoms with Crippen molar-refractivity contribution in [2.75, 3.05) is 20.8 Å². The number of piperidine rings is 1. The molecule has 8 nitrogen and oxygen atoms in total. The van der Waals surface area contributed by atoms with Gasteiger partial charge in [0.1, 0.15) is 17.4 Å². The lowest BCUT2D eigenvalue weighted by molar-refractivity contribution is -0.187. The van der Waals surface area contributed by atoms with Crippen molar-refractivity contribution in [1.82, 2.24) is 14.5 Å². The second-order valence-electron chi connectivity index (χ2n) is 8.54. The highest BCUT2D eigenvalue weighted by molar-refractivity contribution is 6.06. The summed E-state index contributed by atoms with van der Waals surface area (Å²) in [6.45, 7) is 2.24. The molecule has 0 N–H and O–H groups in total. The van der Waals surface area contributed by atoms with Gasteiger partial charge in [-0.15, -0.1) is 0 Å². The van der Waals surface area contributed by atoms with Gasteiger partial charge in [0.15, 0.2) is 5.84 Å². The Morgan fingerprint density at radius 2 is 2.03 bits per heavy atom. The van der Waals surface area contributed by atoms with Gasteiger partial charge in [0.2, 0.25) is 0 Å². The maximum Gasteiger partial charge on any atom is 0.380 e. The molecule has 0 aliphatic carbocycles. The molecule has 1 unspecified atom stereocenters. The topological polar surface area (TPSA) is 78.2 Å². The third kappa shape index (κ3) is 3.78. The lowest BCUT2D eigenvalue weighted by Crippen LogP contribution is -2.54. The Bertz CT molecular complexity index is 1400. The number of carbonyl (C=O) groups excluding carboxylic acids is 1. The molecule has 186 valence electrons. The highest BCUT2D eigenvalue weighted by Gasteiger charge is 2.58. The van der Waals surface area contributed by atoms with Crippen molar-refractivity contribution in [1.29, 1.82) is 0 Å². The smallest absolute Gasteiger partial charge is 0.380 e. The van der Waals surface area contributed by atoms with Crippen molar-refractivity contribution in [2.45, 2.75) is 25.5 Å². The van der Waals surface area contributed by atoms with Gasteiger partial charge in [-0.3, -0.25) is 0 Å². The van der Waals surface area contributed by atoms with E-state index in [1.165, 1.54) is 12.0 Å². The first-order valence-corrected chi connectivity index (χ1v) is 11.3. The Morgan fingerprint density at radius 1 is 1.19 bits per heavy atom. The molecule has 1 atom stereocenters. The van der Waals surface area contributed by atoms with Gasteiger partial charge in [0, 0.05) is 12.7 Å². The molecule has 36 heavy (non-hydrogen) atoms. The number of fused-ring (bicyclic) bond motifs is 1. The van der Waals surface area contributed by atoms with Gasteiger partial charge in [0.05, 0.1) is 37.5 Å². The summed E-state index contributed by atoms with van der Waals surface area (Å²) in [7, 11) is 2.76. The number of benzene rings is 2. The summed E-state index contributed by atoms with van der Waals surface area (Å²) in [5.41, 5.74) is 0.968. The molecule has 0 amide bonds. The van der Waals surface area contributed by atoms with Crippen LogP contribution in [-0.4, -0.2) is 47.0 Å². The number of ether oxygens (including phenoxy) is 2. The molecule has 1 aromatic heterocycles. The standard InChI is InChI=1S/C26H24F2N4O4/c1-16-14-31(15-29-16)22-9-6-17(12-23(22)34-2)11-18-5-4-10-32-24(18)30-36-26(32,25(33)35-3)20-13-19(27)7-8-21(20)28/h6-9,11-15H,4-5,10H2,1-3H3/b18-11-. The Kier molecular flexibility index (Phi) is 5.95. The lowest BCUT2D eigenvalue weighted by Gasteiger charge is -2.37. The number of aryl methyl sites for hydroxylation is 1. The molecular formula is C26H24F2N4O4. The van der Waals surface area contributed by atoms with Crippen LogP contribution in [0.3, 0.4) is 0 Å². The number of esters is 1. The molecule has 0 radical (unpaired) electrons. The van der Waals surface area contributed by atoms with Crippen LogP contribution in [0, 0.1) is 18.6 Å². The van der Waals surface area contributed by atoms with Crippen LogP contribution in [0.4, 0.5) is 8.78 Å². The SMILES string of the molecule is COC(=O)C1(c2cc(F)ccc2F)ON=C2/C(=C\c3ccc(-n4cnc(C)c4)c(OC)c3)CCCN21. The molecule has 0 spiro atoms. The number of oxime groups is 1. The normalized spacial score (nSPS) is 20.1. The fourth-order valence-corrected chi connectivity index (χ4v) is 4.63. The predicted octanol–water partition coefficient (Wildman–Crippen LogP) is 4.32. The molecule has 2 aromatic carbocycles. The van der Waals surface area contributed by atoms with Crippen molar-refractivity contribution in [3.05, 3.63) is 83.0 Å². The Morgan fingerprint density at radius 3 is 2.75 bits per heavy atom. The van der Waals surface area contributed by atoms with Gasteiger partial charge >= 0.3 is 11.7 Å².